The molecule has 6 aliphatic carbocycles. The van der Waals surface area contributed by atoms with Gasteiger partial charge in [0.2, 0.25) is 5.91 Å². The lowest BCUT2D eigenvalue weighted by Crippen LogP contribution is -2.57. The molecular formula is C89H99N3O16. The predicted octanol–water partition coefficient (Wildman–Crippen LogP) is 17.2. The Bertz CT molecular complexity index is 4510. The number of carboxylic acids is 1. The van der Waals surface area contributed by atoms with Crippen molar-refractivity contribution in [3.8, 4) is 34.5 Å². The third-order valence-corrected chi connectivity index (χ3v) is 22.7. The van der Waals surface area contributed by atoms with Crippen molar-refractivity contribution in [2.75, 3.05) is 0 Å². The summed E-state index contributed by atoms with van der Waals surface area (Å²) in [4.78, 5) is 84.1. The van der Waals surface area contributed by atoms with Crippen LogP contribution in [0.1, 0.15) is 207 Å². The maximum atomic E-state index is 12.9. The van der Waals surface area contributed by atoms with Gasteiger partial charge in [-0.1, -0.05) is 194 Å². The zero-order chi connectivity index (χ0) is 76.5. The molecule has 14 rings (SSSR count). The van der Waals surface area contributed by atoms with Crippen molar-refractivity contribution >= 4 is 42.0 Å². The van der Waals surface area contributed by atoms with E-state index in [9.17, 15) is 48.9 Å². The largest absolute Gasteiger partial charge is 0.508 e. The topological polar surface area (TPSA) is 283 Å². The molecule has 3 amide bonds. The molecule has 9 atom stereocenters. The van der Waals surface area contributed by atoms with Gasteiger partial charge < -0.3 is 60.1 Å². The number of carbonyl (C=O) groups is 7. The van der Waals surface area contributed by atoms with E-state index in [-0.39, 0.29) is 93.5 Å². The fourth-order valence-electron chi connectivity index (χ4n) is 17.4. The zero-order valence-corrected chi connectivity index (χ0v) is 62.2. The van der Waals surface area contributed by atoms with E-state index in [0.29, 0.717) is 35.0 Å². The van der Waals surface area contributed by atoms with Crippen molar-refractivity contribution in [2.24, 2.45) is 17.8 Å². The molecule has 0 aromatic heterocycles. The molecule has 6 bridgehead atoms. The van der Waals surface area contributed by atoms with Crippen molar-refractivity contribution < 1.29 is 77.7 Å². The molecule has 19 heteroatoms. The monoisotopic (exact) mass is 1470 g/mol. The molecule has 0 unspecified atom stereocenters. The highest BCUT2D eigenvalue weighted by Crippen LogP contribution is 2.51. The van der Waals surface area contributed by atoms with Gasteiger partial charge in [0.25, 0.3) is 0 Å². The van der Waals surface area contributed by atoms with Crippen molar-refractivity contribution in [2.45, 2.75) is 198 Å². The van der Waals surface area contributed by atoms with Gasteiger partial charge in [-0.05, 0) is 193 Å². The van der Waals surface area contributed by atoms with Crippen LogP contribution in [0.5, 0.6) is 34.5 Å². The number of aromatic hydroxyl groups is 3. The molecule has 8 aromatic carbocycles. The highest BCUT2D eigenvalue weighted by Gasteiger charge is 2.50. The SMILES string of the molecule is CC(=O)N[C@H]1[C@H]2CCCCC[C@]1(C)c1cc(OC(=O)c3ccccc3O)ccc1C2.CC(=O)Oc1ccccc1C(=O)O.C[C@@]12CCCCC[C@@H](Cc3ccc(O)cc31)[C@@H]2NC(=O)OCc1ccccc1.C[C@@]12CCCCC[C@@H](Cc3ccc(OC(=O)c4ccccc4O)cc31)[C@@H]2NC(=O)OCc1ccccc1. The smallest absolute Gasteiger partial charge is 0.407 e. The molecule has 8 aromatic rings. The zero-order valence-electron chi connectivity index (χ0n) is 62.2. The van der Waals surface area contributed by atoms with Gasteiger partial charge in [0.15, 0.2) is 0 Å². The summed E-state index contributed by atoms with van der Waals surface area (Å²) in [5.41, 5.74) is 8.69. The van der Waals surface area contributed by atoms with E-state index in [1.165, 1.54) is 85.2 Å². The van der Waals surface area contributed by atoms with Crippen molar-refractivity contribution in [3.63, 3.8) is 0 Å². The van der Waals surface area contributed by atoms with Gasteiger partial charge in [0.05, 0.1) is 0 Å². The van der Waals surface area contributed by atoms with Crippen LogP contribution >= 0.6 is 0 Å². The van der Waals surface area contributed by atoms with Crippen LogP contribution in [0.4, 0.5) is 9.59 Å². The molecule has 19 nitrogen and oxygen atoms in total. The predicted molar refractivity (Wildman–Crippen MR) is 409 cm³/mol. The Morgan fingerprint density at radius 3 is 1.18 bits per heavy atom. The number of ether oxygens (including phenoxy) is 5. The van der Waals surface area contributed by atoms with E-state index in [1.54, 1.807) is 55.5 Å². The van der Waals surface area contributed by atoms with Crippen molar-refractivity contribution in [1.82, 2.24) is 16.0 Å². The number of benzene rings is 8. The fraction of sp³-hybridized carbons (Fsp3) is 0.382. The number of carbonyl (C=O) groups excluding carboxylic acids is 6. The summed E-state index contributed by atoms with van der Waals surface area (Å²) in [6, 6.07) is 55.5. The van der Waals surface area contributed by atoms with E-state index in [1.807, 2.05) is 97.1 Å². The van der Waals surface area contributed by atoms with Crippen LogP contribution in [0.25, 0.3) is 0 Å². The highest BCUT2D eigenvalue weighted by molar-refractivity contribution is 5.95. The van der Waals surface area contributed by atoms with Crippen LogP contribution in [-0.4, -0.2) is 80.5 Å². The van der Waals surface area contributed by atoms with Crippen LogP contribution in [0, 0.1) is 17.8 Å². The minimum absolute atomic E-state index is 0.00221. The molecule has 108 heavy (non-hydrogen) atoms. The number of amides is 3. The van der Waals surface area contributed by atoms with Gasteiger partial charge in [-0.15, -0.1) is 0 Å². The number of hydrogen-bond donors (Lipinski definition) is 7. The molecule has 7 N–H and O–H groups in total. The third-order valence-electron chi connectivity index (χ3n) is 22.7. The first-order valence-electron chi connectivity index (χ1n) is 37.8. The Labute approximate surface area is 631 Å². The summed E-state index contributed by atoms with van der Waals surface area (Å²) >= 11 is 0. The number of para-hydroxylation sites is 3. The van der Waals surface area contributed by atoms with Crippen molar-refractivity contribution in [1.29, 1.82) is 0 Å². The van der Waals surface area contributed by atoms with Gasteiger partial charge in [-0.2, -0.15) is 0 Å². The first-order chi connectivity index (χ1) is 52.0. The summed E-state index contributed by atoms with van der Waals surface area (Å²) in [5, 5.41) is 48.5. The minimum Gasteiger partial charge on any atom is -0.508 e. The molecule has 6 aliphatic rings. The Hall–Kier alpha value is -11.0. The standard InChI is InChI=1S/C31H33NO5.C25H29NO4.C24H29NO3.C9H8O4/c1-31-17-9-3-6-12-23(28(31)32-30(35)36-20-21-10-4-2-5-11-21)18-22-15-16-24(19-26(22)31)37-29(34)25-13-7-8-14-27(25)33;1-16(27)26-23-18-8-4-3-7-13-25(23,2)21-15-19(12-11-17(21)14-18)30-24(29)20-9-5-6-10-22(20)28;1-24-13-7-3-6-10-19(14-18-11-12-20(26)15-21(18)24)22(24)25-23(27)28-16-17-8-4-2-5-9-17;1-6(10)13-8-5-3-2-4-7(8)9(11)12/h2,4-5,7-8,10-11,13-16,19,23,28,33H,3,6,9,12,17-18,20H2,1H3,(H,32,35);5-6,9-12,15,18,23,28H,3-4,7-8,13-14H2,1-2H3,(H,26,27);2,4-5,8-9,11-12,15,19,22,26H,3,6-7,10,13-14,16H2,1H3,(H,25,27);2-5H,1H3,(H,11,12)/t23-,28-,31+;18-,23-,25+;19-,22-,24+;/m000./s1. The van der Waals surface area contributed by atoms with Gasteiger partial charge in [-0.3, -0.25) is 9.59 Å². The molecule has 0 spiro atoms. The van der Waals surface area contributed by atoms with Crippen LogP contribution in [0.3, 0.4) is 0 Å². The summed E-state index contributed by atoms with van der Waals surface area (Å²) in [5.74, 6) is -0.660. The lowest BCUT2D eigenvalue weighted by atomic mass is 9.59. The second kappa shape index (κ2) is 35.6. The Kier molecular flexibility index (Phi) is 25.8. The maximum absolute atomic E-state index is 12.9. The average Bonchev–Trinajstić information content (AvgIpc) is 0.755. The Morgan fingerprint density at radius 1 is 0.407 bits per heavy atom. The number of rotatable bonds is 13. The van der Waals surface area contributed by atoms with E-state index >= 15 is 0 Å². The lowest BCUT2D eigenvalue weighted by Gasteiger charge is -2.49. The van der Waals surface area contributed by atoms with Crippen LogP contribution in [-0.2, 0) is 67.8 Å². The summed E-state index contributed by atoms with van der Waals surface area (Å²) in [6.07, 6.45) is 18.6. The summed E-state index contributed by atoms with van der Waals surface area (Å²) in [7, 11) is 0. The van der Waals surface area contributed by atoms with E-state index in [0.717, 1.165) is 112 Å². The number of carboxylic acid groups (broad SMARTS) is 1. The number of nitrogens with one attached hydrogen (secondary N) is 3. The van der Waals surface area contributed by atoms with Gasteiger partial charge in [-0.25, -0.2) is 24.0 Å². The molecule has 3 saturated carbocycles. The average molecular weight is 1470 g/mol. The summed E-state index contributed by atoms with van der Waals surface area (Å²) in [6.45, 7) is 9.99. The van der Waals surface area contributed by atoms with Crippen LogP contribution in [0.2, 0.25) is 0 Å². The van der Waals surface area contributed by atoms with Gasteiger partial charge in [0.1, 0.15) is 64.4 Å². The maximum Gasteiger partial charge on any atom is 0.407 e. The van der Waals surface area contributed by atoms with Gasteiger partial charge in [0, 0.05) is 48.2 Å². The van der Waals surface area contributed by atoms with Crippen LogP contribution in [0.15, 0.2) is 188 Å². The lowest BCUT2D eigenvalue weighted by molar-refractivity contribution is -0.132. The number of phenolic OH excluding ortho intramolecular Hbond substituents is 3. The highest BCUT2D eigenvalue weighted by atomic mass is 16.6. The first-order valence-corrected chi connectivity index (χ1v) is 37.8. The van der Waals surface area contributed by atoms with Gasteiger partial charge >= 0.3 is 36.1 Å². The second-order valence-electron chi connectivity index (χ2n) is 30.2. The molecule has 0 heterocycles. The molecule has 566 valence electrons. The summed E-state index contributed by atoms with van der Waals surface area (Å²) < 4.78 is 27.1. The Balaban J connectivity index is 0.000000150. The van der Waals surface area contributed by atoms with E-state index in [2.05, 4.69) is 53.6 Å². The molecule has 0 radical (unpaired) electrons. The number of fused-ring (bicyclic) bond motifs is 12. The van der Waals surface area contributed by atoms with Crippen molar-refractivity contribution in [3.05, 3.63) is 249 Å². The third kappa shape index (κ3) is 19.1. The van der Waals surface area contributed by atoms with E-state index in [4.69, 9.17) is 24.1 Å². The molecule has 0 saturated heterocycles. The second-order valence-corrected chi connectivity index (χ2v) is 30.2. The number of esters is 3. The Morgan fingerprint density at radius 2 is 0.778 bits per heavy atom. The molecular weight excluding hydrogens is 1370 g/mol. The van der Waals surface area contributed by atoms with E-state index < -0.39 is 30.0 Å². The number of hydrogen-bond acceptors (Lipinski definition) is 15. The van der Waals surface area contributed by atoms with Crippen LogP contribution < -0.4 is 30.2 Å². The molecule has 0 aliphatic heterocycles. The minimum atomic E-state index is -1.11. The first kappa shape index (κ1) is 78.1. The molecule has 3 fully saturated rings. The fourth-order valence-corrected chi connectivity index (χ4v) is 17.4. The number of phenols is 3. The quantitative estimate of drug-likeness (QED) is 0.0417. The normalized spacial score (nSPS) is 22.8. The number of aromatic carboxylic acids is 1. The number of alkyl carbamates (subject to hydrolysis) is 2.